The lowest BCUT2D eigenvalue weighted by atomic mass is 10.0. The molecule has 0 aromatic heterocycles. The Kier molecular flexibility index (Phi) is 4.52. The van der Waals surface area contributed by atoms with Crippen LogP contribution < -0.4 is 5.32 Å². The molecule has 2 atom stereocenters. The van der Waals surface area contributed by atoms with Crippen LogP contribution in [0.1, 0.15) is 24.4 Å². The van der Waals surface area contributed by atoms with Crippen molar-refractivity contribution in [1.82, 2.24) is 5.32 Å². The average Bonchev–Trinajstić information content (AvgIpc) is 2.89. The zero-order valence-corrected chi connectivity index (χ0v) is 10.5. The molecule has 2 N–H and O–H groups in total. The van der Waals surface area contributed by atoms with Crippen LogP contribution in [-0.2, 0) is 14.3 Å². The second-order valence-electron chi connectivity index (χ2n) is 4.68. The van der Waals surface area contributed by atoms with Gasteiger partial charge in [0, 0.05) is 19.6 Å². The van der Waals surface area contributed by atoms with E-state index in [1.54, 1.807) is 30.3 Å². The predicted molar refractivity (Wildman–Crippen MR) is 68.5 cm³/mol. The second-order valence-corrected chi connectivity index (χ2v) is 4.68. The van der Waals surface area contributed by atoms with E-state index in [0.29, 0.717) is 25.2 Å². The summed E-state index contributed by atoms with van der Waals surface area (Å²) < 4.78 is 5.20. The summed E-state index contributed by atoms with van der Waals surface area (Å²) in [7, 11) is 0. The van der Waals surface area contributed by atoms with Gasteiger partial charge in [-0.05, 0) is 17.9 Å². The molecule has 1 amide bonds. The number of hydrogen-bond donors (Lipinski definition) is 2. The lowest BCUT2D eigenvalue weighted by Crippen LogP contribution is -2.34. The summed E-state index contributed by atoms with van der Waals surface area (Å²) in [6.45, 7) is 1.26. The van der Waals surface area contributed by atoms with Gasteiger partial charge in [-0.2, -0.15) is 0 Å². The van der Waals surface area contributed by atoms with Gasteiger partial charge in [0.1, 0.15) is 0 Å². The van der Waals surface area contributed by atoms with Crippen molar-refractivity contribution in [3.63, 3.8) is 0 Å². The maximum absolute atomic E-state index is 11.9. The van der Waals surface area contributed by atoms with Gasteiger partial charge in [-0.3, -0.25) is 4.79 Å². The monoisotopic (exact) mass is 263 g/mol. The fourth-order valence-corrected chi connectivity index (χ4v) is 2.16. The molecule has 0 unspecified atom stereocenters. The van der Waals surface area contributed by atoms with Crippen LogP contribution in [0.3, 0.4) is 0 Å². The van der Waals surface area contributed by atoms with E-state index in [1.807, 2.05) is 0 Å². The van der Waals surface area contributed by atoms with Gasteiger partial charge >= 0.3 is 5.97 Å². The van der Waals surface area contributed by atoms with Crippen LogP contribution in [0, 0.1) is 5.92 Å². The maximum Gasteiger partial charge on any atom is 0.330 e. The first-order valence-corrected chi connectivity index (χ1v) is 6.31. The van der Waals surface area contributed by atoms with Gasteiger partial charge in [0.2, 0.25) is 5.91 Å². The van der Waals surface area contributed by atoms with Crippen molar-refractivity contribution in [3.8, 4) is 0 Å². The number of aliphatic carboxylic acids is 1. The normalized spacial score (nSPS) is 19.9. The molecule has 1 aliphatic rings. The highest BCUT2D eigenvalue weighted by atomic mass is 16.5. The van der Waals surface area contributed by atoms with Crippen molar-refractivity contribution in [1.29, 1.82) is 0 Å². The summed E-state index contributed by atoms with van der Waals surface area (Å²) >= 11 is 0. The van der Waals surface area contributed by atoms with Gasteiger partial charge in [0.05, 0.1) is 0 Å². The molecule has 1 fully saturated rings. The predicted octanol–water partition coefficient (Wildman–Crippen LogP) is 1.36. The van der Waals surface area contributed by atoms with Crippen LogP contribution in [0.5, 0.6) is 0 Å². The molecule has 1 aromatic rings. The summed E-state index contributed by atoms with van der Waals surface area (Å²) in [4.78, 5) is 23.1. The third kappa shape index (κ3) is 3.79. The molecule has 5 heteroatoms. The molecule has 1 heterocycles. The van der Waals surface area contributed by atoms with Gasteiger partial charge in [0.25, 0.3) is 0 Å². The van der Waals surface area contributed by atoms with Crippen molar-refractivity contribution >= 4 is 11.9 Å². The number of carboxylic acids is 1. The number of hydrogen-bond acceptors (Lipinski definition) is 3. The quantitative estimate of drug-likeness (QED) is 0.841. The number of nitrogens with one attached hydrogen (secondary N) is 1. The number of benzene rings is 1. The van der Waals surface area contributed by atoms with E-state index < -0.39 is 12.0 Å². The average molecular weight is 263 g/mol. The zero-order valence-electron chi connectivity index (χ0n) is 10.5. The molecule has 0 bridgehead atoms. The van der Waals surface area contributed by atoms with E-state index in [-0.39, 0.29) is 11.8 Å². The molecule has 102 valence electrons. The van der Waals surface area contributed by atoms with E-state index in [0.717, 1.165) is 6.42 Å². The van der Waals surface area contributed by atoms with E-state index >= 15 is 0 Å². The Balaban J connectivity index is 1.97. The van der Waals surface area contributed by atoms with Crippen molar-refractivity contribution in [2.45, 2.75) is 18.9 Å². The molecule has 5 nitrogen and oxygen atoms in total. The molecule has 2 rings (SSSR count). The molecule has 0 aliphatic carbocycles. The topological polar surface area (TPSA) is 75.6 Å². The van der Waals surface area contributed by atoms with Crippen molar-refractivity contribution < 1.29 is 19.4 Å². The van der Waals surface area contributed by atoms with Gasteiger partial charge < -0.3 is 15.2 Å². The third-order valence-electron chi connectivity index (χ3n) is 3.18. The second kappa shape index (κ2) is 6.33. The van der Waals surface area contributed by atoms with Crippen LogP contribution >= 0.6 is 0 Å². The van der Waals surface area contributed by atoms with Gasteiger partial charge in [0.15, 0.2) is 6.04 Å². The van der Waals surface area contributed by atoms with Gasteiger partial charge in [-0.25, -0.2) is 4.79 Å². The Labute approximate surface area is 111 Å². The highest BCUT2D eigenvalue weighted by Gasteiger charge is 2.24. The van der Waals surface area contributed by atoms with E-state index in [4.69, 9.17) is 4.74 Å². The zero-order chi connectivity index (χ0) is 13.7. The summed E-state index contributed by atoms with van der Waals surface area (Å²) in [5, 5.41) is 11.8. The summed E-state index contributed by atoms with van der Waals surface area (Å²) in [5.41, 5.74) is 0.575. The molecule has 0 radical (unpaired) electrons. The van der Waals surface area contributed by atoms with Crippen molar-refractivity contribution in [2.24, 2.45) is 5.92 Å². The smallest absolute Gasteiger partial charge is 0.330 e. The maximum atomic E-state index is 11.9. The number of carbonyl (C=O) groups is 2. The summed E-state index contributed by atoms with van der Waals surface area (Å²) in [6.07, 6.45) is 1.17. The van der Waals surface area contributed by atoms with E-state index in [9.17, 15) is 14.7 Å². The standard InChI is InChI=1S/C14H17NO4/c16-12(8-10-6-7-19-9-10)15-13(14(17)18)11-4-2-1-3-5-11/h1-5,10,13H,6-9H2,(H,15,16)(H,17,18)/t10-,13+/m1/s1. The Bertz CT molecular complexity index is 440. The van der Waals surface area contributed by atoms with Crippen LogP contribution in [0.25, 0.3) is 0 Å². The Morgan fingerprint density at radius 2 is 2.11 bits per heavy atom. The van der Waals surface area contributed by atoms with Crippen molar-refractivity contribution in [3.05, 3.63) is 35.9 Å². The molecule has 0 spiro atoms. The fraction of sp³-hybridized carbons (Fsp3) is 0.429. The fourth-order valence-electron chi connectivity index (χ4n) is 2.16. The number of carbonyl (C=O) groups excluding carboxylic acids is 1. The van der Waals surface area contributed by atoms with Crippen LogP contribution in [-0.4, -0.2) is 30.2 Å². The minimum absolute atomic E-state index is 0.199. The summed E-state index contributed by atoms with van der Waals surface area (Å²) in [6, 6.07) is 7.70. The number of carboxylic acid groups (broad SMARTS) is 1. The number of ether oxygens (including phenoxy) is 1. The van der Waals surface area contributed by atoms with Crippen LogP contribution in [0.2, 0.25) is 0 Å². The molecular weight excluding hydrogens is 246 g/mol. The third-order valence-corrected chi connectivity index (χ3v) is 3.18. The first kappa shape index (κ1) is 13.5. The van der Waals surface area contributed by atoms with E-state index in [2.05, 4.69) is 5.32 Å². The van der Waals surface area contributed by atoms with Gasteiger partial charge in [-0.15, -0.1) is 0 Å². The number of rotatable bonds is 5. The Morgan fingerprint density at radius 1 is 1.37 bits per heavy atom. The molecule has 1 saturated heterocycles. The minimum Gasteiger partial charge on any atom is -0.479 e. The molecule has 19 heavy (non-hydrogen) atoms. The molecule has 1 aliphatic heterocycles. The minimum atomic E-state index is -1.05. The van der Waals surface area contributed by atoms with Crippen molar-refractivity contribution in [2.75, 3.05) is 13.2 Å². The lowest BCUT2D eigenvalue weighted by molar-refractivity contribution is -0.142. The van der Waals surface area contributed by atoms with Gasteiger partial charge in [-0.1, -0.05) is 30.3 Å². The first-order valence-electron chi connectivity index (χ1n) is 6.31. The number of amides is 1. The highest BCUT2D eigenvalue weighted by Crippen LogP contribution is 2.18. The Morgan fingerprint density at radius 3 is 2.68 bits per heavy atom. The molecule has 0 saturated carbocycles. The summed E-state index contributed by atoms with van der Waals surface area (Å²) in [5.74, 6) is -1.10. The molecular formula is C14H17NO4. The van der Waals surface area contributed by atoms with Crippen LogP contribution in [0.15, 0.2) is 30.3 Å². The SMILES string of the molecule is O=C(C[C@H]1CCOC1)N[C@H](C(=O)O)c1ccccc1. The first-order chi connectivity index (χ1) is 9.16. The highest BCUT2D eigenvalue weighted by molar-refractivity contribution is 5.84. The molecule has 1 aromatic carbocycles. The lowest BCUT2D eigenvalue weighted by Gasteiger charge is -2.16. The Hall–Kier alpha value is -1.88. The van der Waals surface area contributed by atoms with Crippen LogP contribution in [0.4, 0.5) is 0 Å². The van der Waals surface area contributed by atoms with E-state index in [1.165, 1.54) is 0 Å². The largest absolute Gasteiger partial charge is 0.479 e.